The molecule has 4 atom stereocenters. The standard InChI is InChI=1S/C24H28N4O7/c1-4-5-7-13(29)8-6-9-16(30)28-15-10-27-19-17(21(32)18(25)12(2)20(19)31)14(11-35-23(26)33)24(27,34-3)22(15)28/h1,14-15,22H,5-11,25H2,2-3H3,(H2,26,33)/t14-,15-,22-,24+,28?/m0/s1. The summed E-state index contributed by atoms with van der Waals surface area (Å²) in [5.41, 5.74) is 10.1. The third-order valence-electron chi connectivity index (χ3n) is 7.37. The normalized spacial score (nSPS) is 28.5. The van der Waals surface area contributed by atoms with E-state index in [0.29, 0.717) is 19.3 Å². The van der Waals surface area contributed by atoms with Gasteiger partial charge in [0, 0.05) is 50.5 Å². The molecule has 11 nitrogen and oxygen atoms in total. The number of carbonyl (C=O) groups excluding carboxylic acids is 5. The summed E-state index contributed by atoms with van der Waals surface area (Å²) in [4.78, 5) is 65.9. The van der Waals surface area contributed by atoms with E-state index in [4.69, 9.17) is 27.4 Å². The number of piperazine rings is 1. The molecule has 2 amide bonds. The summed E-state index contributed by atoms with van der Waals surface area (Å²) >= 11 is 0. The predicted molar refractivity (Wildman–Crippen MR) is 121 cm³/mol. The van der Waals surface area contributed by atoms with Gasteiger partial charge in [-0.15, -0.1) is 12.3 Å². The second kappa shape index (κ2) is 8.85. The topological polar surface area (TPSA) is 162 Å². The summed E-state index contributed by atoms with van der Waals surface area (Å²) in [5, 5.41) is 0. The van der Waals surface area contributed by atoms with Crippen molar-refractivity contribution in [1.29, 1.82) is 0 Å². The van der Waals surface area contributed by atoms with Crippen molar-refractivity contribution in [1.82, 2.24) is 9.80 Å². The van der Waals surface area contributed by atoms with Gasteiger partial charge in [0.15, 0.2) is 5.72 Å². The van der Waals surface area contributed by atoms with Gasteiger partial charge >= 0.3 is 6.09 Å². The van der Waals surface area contributed by atoms with Crippen LogP contribution in [-0.4, -0.2) is 77.2 Å². The molecule has 0 aromatic heterocycles. The van der Waals surface area contributed by atoms with E-state index < -0.39 is 35.3 Å². The molecule has 0 aromatic carbocycles. The molecule has 2 saturated heterocycles. The van der Waals surface area contributed by atoms with Crippen molar-refractivity contribution in [3.63, 3.8) is 0 Å². The molecule has 11 heteroatoms. The third kappa shape index (κ3) is 3.60. The lowest BCUT2D eigenvalue weighted by Gasteiger charge is -2.41. The van der Waals surface area contributed by atoms with Gasteiger partial charge in [-0.1, -0.05) is 0 Å². The first-order valence-electron chi connectivity index (χ1n) is 11.4. The Labute approximate surface area is 202 Å². The second-order valence-electron chi connectivity index (χ2n) is 9.12. The van der Waals surface area contributed by atoms with E-state index >= 15 is 0 Å². The Kier molecular flexibility index (Phi) is 6.19. The highest BCUT2D eigenvalue weighted by Gasteiger charge is 2.77. The number of carbonyl (C=O) groups is 5. The van der Waals surface area contributed by atoms with Gasteiger partial charge in [-0.05, 0) is 13.3 Å². The quantitative estimate of drug-likeness (QED) is 0.255. The highest BCUT2D eigenvalue weighted by molar-refractivity contribution is 6.25. The van der Waals surface area contributed by atoms with Gasteiger partial charge in [-0.2, -0.15) is 0 Å². The van der Waals surface area contributed by atoms with Crippen LogP contribution in [0.4, 0.5) is 4.79 Å². The van der Waals surface area contributed by atoms with E-state index in [0.717, 1.165) is 0 Å². The summed E-state index contributed by atoms with van der Waals surface area (Å²) < 4.78 is 11.0. The lowest BCUT2D eigenvalue weighted by atomic mass is 9.82. The Morgan fingerprint density at radius 2 is 1.91 bits per heavy atom. The van der Waals surface area contributed by atoms with E-state index in [1.165, 1.54) is 14.0 Å². The first kappa shape index (κ1) is 24.5. The minimum atomic E-state index is -1.29. The van der Waals surface area contributed by atoms with Crippen LogP contribution in [0, 0.1) is 18.3 Å². The van der Waals surface area contributed by atoms with Crippen molar-refractivity contribution in [3.05, 3.63) is 22.5 Å². The Bertz CT molecular complexity index is 1130. The molecule has 35 heavy (non-hydrogen) atoms. The molecule has 186 valence electrons. The van der Waals surface area contributed by atoms with Crippen LogP contribution in [0.3, 0.4) is 0 Å². The Morgan fingerprint density at radius 1 is 1.20 bits per heavy atom. The number of hydrogen-bond donors (Lipinski definition) is 2. The second-order valence-corrected chi connectivity index (χ2v) is 9.12. The van der Waals surface area contributed by atoms with Gasteiger partial charge in [-0.3, -0.25) is 19.2 Å². The average Bonchev–Trinajstić information content (AvgIpc) is 3.33. The number of hydrogen-bond acceptors (Lipinski definition) is 9. The van der Waals surface area contributed by atoms with Crippen molar-refractivity contribution < 1.29 is 33.4 Å². The minimum absolute atomic E-state index is 0.00935. The van der Waals surface area contributed by atoms with Crippen molar-refractivity contribution in [2.24, 2.45) is 17.4 Å². The number of ether oxygens (including phenoxy) is 2. The molecule has 2 fully saturated rings. The zero-order valence-corrected chi connectivity index (χ0v) is 19.7. The fourth-order valence-corrected chi connectivity index (χ4v) is 5.72. The van der Waals surface area contributed by atoms with Gasteiger partial charge in [0.1, 0.15) is 18.4 Å². The Hall–Kier alpha value is -3.65. The van der Waals surface area contributed by atoms with Crippen LogP contribution in [0.2, 0.25) is 0 Å². The zero-order chi connectivity index (χ0) is 25.7. The molecule has 0 unspecified atom stereocenters. The van der Waals surface area contributed by atoms with E-state index in [1.807, 2.05) is 0 Å². The summed E-state index contributed by atoms with van der Waals surface area (Å²) in [6, 6.07) is -0.734. The highest BCUT2D eigenvalue weighted by Crippen LogP contribution is 2.59. The van der Waals surface area contributed by atoms with E-state index in [9.17, 15) is 24.0 Å². The number of nitrogens with zero attached hydrogens (tertiary/aromatic N) is 2. The van der Waals surface area contributed by atoms with Crippen molar-refractivity contribution in [2.45, 2.75) is 56.8 Å². The maximum absolute atomic E-state index is 13.2. The molecule has 0 bridgehead atoms. The lowest BCUT2D eigenvalue weighted by molar-refractivity contribution is -0.153. The monoisotopic (exact) mass is 484 g/mol. The molecule has 3 heterocycles. The van der Waals surface area contributed by atoms with Crippen molar-refractivity contribution in [2.75, 3.05) is 20.3 Å². The van der Waals surface area contributed by atoms with Crippen molar-refractivity contribution >= 4 is 29.4 Å². The van der Waals surface area contributed by atoms with Crippen LogP contribution in [0.5, 0.6) is 0 Å². The molecule has 0 radical (unpaired) electrons. The molecule has 3 aliphatic heterocycles. The first-order chi connectivity index (χ1) is 16.6. The number of fused-ring (bicyclic) bond motifs is 4. The van der Waals surface area contributed by atoms with E-state index in [2.05, 4.69) is 5.92 Å². The van der Waals surface area contributed by atoms with Gasteiger partial charge < -0.3 is 30.7 Å². The predicted octanol–water partition coefficient (Wildman–Crippen LogP) is -0.259. The largest absolute Gasteiger partial charge is 0.449 e. The van der Waals surface area contributed by atoms with Gasteiger partial charge in [0.2, 0.25) is 17.5 Å². The number of methoxy groups -OCH3 is 1. The van der Waals surface area contributed by atoms with Crippen LogP contribution in [0.25, 0.3) is 0 Å². The SMILES string of the molecule is C#CCCC(=O)CCCC(=O)N1[C@H]2[C@@H]1CN1C3=C(C(=O)C(N)=C(C)C3=O)[C@H](COC(N)=O)[C@@]21OC. The van der Waals surface area contributed by atoms with Gasteiger partial charge in [0.05, 0.1) is 23.4 Å². The molecule has 4 N–H and O–H groups in total. The first-order valence-corrected chi connectivity index (χ1v) is 11.4. The maximum atomic E-state index is 13.2. The number of nitrogens with two attached hydrogens (primary N) is 2. The fraction of sp³-hybridized carbons (Fsp3) is 0.542. The average molecular weight is 485 g/mol. The fourth-order valence-electron chi connectivity index (χ4n) is 5.72. The van der Waals surface area contributed by atoms with Gasteiger partial charge in [-0.25, -0.2) is 4.79 Å². The highest BCUT2D eigenvalue weighted by atomic mass is 16.6. The summed E-state index contributed by atoms with van der Waals surface area (Å²) in [5.74, 6) is 0.468. The zero-order valence-electron chi connectivity index (χ0n) is 19.7. The molecular weight excluding hydrogens is 456 g/mol. The summed E-state index contributed by atoms with van der Waals surface area (Å²) in [6.45, 7) is 1.43. The van der Waals surface area contributed by atoms with E-state index in [-0.39, 0.29) is 66.3 Å². The Morgan fingerprint density at radius 3 is 2.54 bits per heavy atom. The lowest BCUT2D eigenvalue weighted by Crippen LogP contribution is -2.56. The van der Waals surface area contributed by atoms with Crippen LogP contribution in [-0.2, 0) is 28.7 Å². The summed E-state index contributed by atoms with van der Waals surface area (Å²) in [6.07, 6.45) is 5.61. The molecular formula is C24H28N4O7. The number of amides is 2. The van der Waals surface area contributed by atoms with E-state index in [1.54, 1.807) is 9.80 Å². The van der Waals surface area contributed by atoms with Crippen LogP contribution < -0.4 is 11.5 Å². The smallest absolute Gasteiger partial charge is 0.404 e. The molecule has 0 saturated carbocycles. The number of Topliss-reactive ketones (excluding diaryl/α,β-unsaturated/α-hetero) is 3. The number of rotatable bonds is 9. The van der Waals surface area contributed by atoms with Crippen LogP contribution >= 0.6 is 0 Å². The van der Waals surface area contributed by atoms with Crippen LogP contribution in [0.15, 0.2) is 22.5 Å². The van der Waals surface area contributed by atoms with Crippen molar-refractivity contribution in [3.8, 4) is 12.3 Å². The molecule has 0 aromatic rings. The molecule has 1 aliphatic carbocycles. The maximum Gasteiger partial charge on any atom is 0.404 e. The Balaban J connectivity index is 1.57. The number of ketones is 3. The number of primary amides is 1. The number of terminal acetylenes is 1. The summed E-state index contributed by atoms with van der Waals surface area (Å²) in [7, 11) is 1.43. The third-order valence-corrected chi connectivity index (χ3v) is 7.37. The molecule has 4 rings (SSSR count). The number of allylic oxidation sites excluding steroid dienone is 2. The van der Waals surface area contributed by atoms with Gasteiger partial charge in [0.25, 0.3) is 0 Å². The minimum Gasteiger partial charge on any atom is -0.449 e. The molecule has 4 aliphatic rings. The van der Waals surface area contributed by atoms with Crippen LogP contribution in [0.1, 0.15) is 39.0 Å². The molecule has 0 spiro atoms.